The van der Waals surface area contributed by atoms with Gasteiger partial charge in [0.05, 0.1) is 23.5 Å². The molecule has 0 saturated heterocycles. The van der Waals surface area contributed by atoms with Gasteiger partial charge in [0, 0.05) is 18.3 Å². The first-order chi connectivity index (χ1) is 8.33. The normalized spacial score (nSPS) is 10.1. The molecular weight excluding hydrogens is 212 g/mol. The topological polar surface area (TPSA) is 53.6 Å². The maximum absolute atomic E-state index is 8.84. The minimum Gasteiger partial charge on any atom is -0.313 e. The minimum absolute atomic E-state index is 0.645. The molecule has 86 valence electrons. The Morgan fingerprint density at radius 2 is 2.35 bits per heavy atom. The third kappa shape index (κ3) is 2.71. The predicted molar refractivity (Wildman–Crippen MR) is 65.7 cm³/mol. The molecule has 2 aromatic rings. The number of aromatic nitrogens is 2. The lowest BCUT2D eigenvalue weighted by Crippen LogP contribution is -2.10. The zero-order valence-corrected chi connectivity index (χ0v) is 9.72. The quantitative estimate of drug-likeness (QED) is 0.865. The van der Waals surface area contributed by atoms with Gasteiger partial charge in [0.1, 0.15) is 0 Å². The maximum atomic E-state index is 8.84. The monoisotopic (exact) mass is 226 g/mol. The van der Waals surface area contributed by atoms with Gasteiger partial charge in [0.2, 0.25) is 0 Å². The lowest BCUT2D eigenvalue weighted by atomic mass is 10.2. The number of nitrogens with zero attached hydrogens (tertiary/aromatic N) is 3. The first kappa shape index (κ1) is 11.4. The molecule has 1 aromatic heterocycles. The highest BCUT2D eigenvalue weighted by Gasteiger charge is 2.01. The van der Waals surface area contributed by atoms with Crippen LogP contribution in [0, 0.1) is 11.3 Å². The fourth-order valence-electron chi connectivity index (χ4n) is 1.58. The van der Waals surface area contributed by atoms with Gasteiger partial charge in [0.25, 0.3) is 0 Å². The first-order valence-corrected chi connectivity index (χ1v) is 5.58. The van der Waals surface area contributed by atoms with Crippen molar-refractivity contribution in [1.29, 1.82) is 5.26 Å². The summed E-state index contributed by atoms with van der Waals surface area (Å²) >= 11 is 0. The zero-order chi connectivity index (χ0) is 12.1. The molecule has 17 heavy (non-hydrogen) atoms. The Morgan fingerprint density at radius 3 is 3.12 bits per heavy atom. The fourth-order valence-corrected chi connectivity index (χ4v) is 1.58. The van der Waals surface area contributed by atoms with Gasteiger partial charge < -0.3 is 5.32 Å². The molecule has 0 spiro atoms. The van der Waals surface area contributed by atoms with Crippen LogP contribution in [0.3, 0.4) is 0 Å². The average molecular weight is 226 g/mol. The number of nitrogens with one attached hydrogen (secondary N) is 1. The maximum Gasteiger partial charge on any atom is 0.0992 e. The van der Waals surface area contributed by atoms with E-state index in [-0.39, 0.29) is 0 Å². The van der Waals surface area contributed by atoms with E-state index in [1.165, 1.54) is 0 Å². The molecular formula is C13H14N4. The molecule has 4 nitrogen and oxygen atoms in total. The smallest absolute Gasteiger partial charge is 0.0992 e. The van der Waals surface area contributed by atoms with Crippen LogP contribution in [0.5, 0.6) is 0 Å². The molecule has 0 atom stereocenters. The molecule has 0 saturated carbocycles. The molecule has 0 aliphatic carbocycles. The van der Waals surface area contributed by atoms with Gasteiger partial charge in [-0.2, -0.15) is 10.4 Å². The van der Waals surface area contributed by atoms with Crippen molar-refractivity contribution in [3.05, 3.63) is 47.8 Å². The van der Waals surface area contributed by atoms with Crippen molar-refractivity contribution < 1.29 is 0 Å². The van der Waals surface area contributed by atoms with Crippen molar-refractivity contribution in [2.75, 3.05) is 6.54 Å². The summed E-state index contributed by atoms with van der Waals surface area (Å²) in [4.78, 5) is 0. The van der Waals surface area contributed by atoms with E-state index in [1.54, 1.807) is 10.7 Å². The second kappa shape index (κ2) is 5.28. The second-order valence-electron chi connectivity index (χ2n) is 3.74. The highest BCUT2D eigenvalue weighted by Crippen LogP contribution is 2.10. The molecule has 0 bridgehead atoms. The van der Waals surface area contributed by atoms with Gasteiger partial charge in [-0.05, 0) is 24.7 Å². The van der Waals surface area contributed by atoms with Crippen LogP contribution in [0.25, 0.3) is 5.69 Å². The molecule has 1 N–H and O–H groups in total. The highest BCUT2D eigenvalue weighted by atomic mass is 15.3. The van der Waals surface area contributed by atoms with E-state index in [0.717, 1.165) is 24.3 Å². The van der Waals surface area contributed by atoms with E-state index < -0.39 is 0 Å². The van der Waals surface area contributed by atoms with Crippen molar-refractivity contribution in [2.45, 2.75) is 13.5 Å². The zero-order valence-electron chi connectivity index (χ0n) is 9.72. The van der Waals surface area contributed by atoms with Gasteiger partial charge in [-0.15, -0.1) is 0 Å². The Labute approximate surface area is 100 Å². The second-order valence-corrected chi connectivity index (χ2v) is 3.74. The summed E-state index contributed by atoms with van der Waals surface area (Å²) < 4.78 is 1.79. The molecule has 0 amide bonds. The summed E-state index contributed by atoms with van der Waals surface area (Å²) in [6.07, 6.45) is 3.81. The van der Waals surface area contributed by atoms with Gasteiger partial charge in [-0.1, -0.05) is 13.0 Å². The summed E-state index contributed by atoms with van der Waals surface area (Å²) in [6, 6.07) is 9.53. The van der Waals surface area contributed by atoms with Crippen LogP contribution in [0.1, 0.15) is 18.1 Å². The highest BCUT2D eigenvalue weighted by molar-refractivity contribution is 5.40. The first-order valence-electron chi connectivity index (χ1n) is 5.58. The number of hydrogen-bond acceptors (Lipinski definition) is 3. The Morgan fingerprint density at radius 1 is 1.47 bits per heavy atom. The SMILES string of the molecule is CCNCc1cnn(-c2cccc(C#N)c2)c1. The molecule has 2 rings (SSSR count). The van der Waals surface area contributed by atoms with Gasteiger partial charge >= 0.3 is 0 Å². The summed E-state index contributed by atoms with van der Waals surface area (Å²) in [5, 5.41) is 16.4. The third-order valence-corrected chi connectivity index (χ3v) is 2.45. The Bertz CT molecular complexity index is 536. The van der Waals surface area contributed by atoms with Crippen molar-refractivity contribution >= 4 is 0 Å². The Balaban J connectivity index is 2.21. The van der Waals surface area contributed by atoms with Crippen LogP contribution >= 0.6 is 0 Å². The number of benzene rings is 1. The van der Waals surface area contributed by atoms with Crippen LogP contribution in [0.2, 0.25) is 0 Å². The van der Waals surface area contributed by atoms with Crippen LogP contribution in [-0.4, -0.2) is 16.3 Å². The molecule has 4 heteroatoms. The molecule has 0 aliphatic rings. The van der Waals surface area contributed by atoms with Crippen LogP contribution in [0.15, 0.2) is 36.7 Å². The van der Waals surface area contributed by atoms with Crippen molar-refractivity contribution in [1.82, 2.24) is 15.1 Å². The molecule has 1 aromatic carbocycles. The van der Waals surface area contributed by atoms with Gasteiger partial charge in [-0.3, -0.25) is 0 Å². The molecule has 0 unspecified atom stereocenters. The minimum atomic E-state index is 0.645. The largest absolute Gasteiger partial charge is 0.313 e. The summed E-state index contributed by atoms with van der Waals surface area (Å²) in [5.74, 6) is 0. The van der Waals surface area contributed by atoms with E-state index in [4.69, 9.17) is 5.26 Å². The van der Waals surface area contributed by atoms with Crippen LogP contribution in [0.4, 0.5) is 0 Å². The summed E-state index contributed by atoms with van der Waals surface area (Å²) in [5.41, 5.74) is 2.69. The van der Waals surface area contributed by atoms with Crippen molar-refractivity contribution in [3.63, 3.8) is 0 Å². The van der Waals surface area contributed by atoms with Crippen molar-refractivity contribution in [2.24, 2.45) is 0 Å². The van der Waals surface area contributed by atoms with E-state index in [1.807, 2.05) is 30.6 Å². The fraction of sp³-hybridized carbons (Fsp3) is 0.231. The number of rotatable bonds is 4. The van der Waals surface area contributed by atoms with E-state index in [9.17, 15) is 0 Å². The molecule has 0 fully saturated rings. The lowest BCUT2D eigenvalue weighted by molar-refractivity contribution is 0.726. The molecule has 0 aliphatic heterocycles. The van der Waals surface area contributed by atoms with Gasteiger partial charge in [-0.25, -0.2) is 4.68 Å². The van der Waals surface area contributed by atoms with E-state index in [0.29, 0.717) is 5.56 Å². The van der Waals surface area contributed by atoms with Crippen molar-refractivity contribution in [3.8, 4) is 11.8 Å². The predicted octanol–water partition coefficient (Wildman–Crippen LogP) is 1.85. The molecule has 1 heterocycles. The Hall–Kier alpha value is -2.12. The van der Waals surface area contributed by atoms with E-state index in [2.05, 4.69) is 23.4 Å². The van der Waals surface area contributed by atoms with E-state index >= 15 is 0 Å². The van der Waals surface area contributed by atoms with Gasteiger partial charge in [0.15, 0.2) is 0 Å². The summed E-state index contributed by atoms with van der Waals surface area (Å²) in [6.45, 7) is 3.82. The molecule has 0 radical (unpaired) electrons. The summed E-state index contributed by atoms with van der Waals surface area (Å²) in [7, 11) is 0. The average Bonchev–Trinajstić information content (AvgIpc) is 2.85. The number of nitriles is 1. The third-order valence-electron chi connectivity index (χ3n) is 2.45. The van der Waals surface area contributed by atoms with Crippen LogP contribution in [-0.2, 0) is 6.54 Å². The standard InChI is InChI=1S/C13H14N4/c1-2-15-8-12-9-16-17(10-12)13-5-3-4-11(6-13)7-14/h3-6,9-10,15H,2,8H2,1H3. The number of hydrogen-bond donors (Lipinski definition) is 1. The van der Waals surface area contributed by atoms with Crippen LogP contribution < -0.4 is 5.32 Å². The Kier molecular flexibility index (Phi) is 3.53. The lowest BCUT2D eigenvalue weighted by Gasteiger charge is -2.01.